The third-order valence-electron chi connectivity index (χ3n) is 20.2. The number of rotatable bonds is 64. The monoisotopic (exact) mass is 1400 g/mol. The molecule has 17 unspecified atom stereocenters. The van der Waals surface area contributed by atoms with Crippen molar-refractivity contribution in [1.29, 1.82) is 0 Å². The fraction of sp³-hybridized carbons (Fsp3) is 0.911. The second-order valence-electron chi connectivity index (χ2n) is 28.9. The van der Waals surface area contributed by atoms with E-state index in [-0.39, 0.29) is 18.9 Å². The van der Waals surface area contributed by atoms with Crippen LogP contribution in [0, 0.1) is 0 Å². The van der Waals surface area contributed by atoms with Gasteiger partial charge in [0.1, 0.15) is 73.2 Å². The van der Waals surface area contributed by atoms with Crippen molar-refractivity contribution in [2.75, 3.05) is 26.4 Å². The highest BCUT2D eigenvalue weighted by Gasteiger charge is 2.54. The van der Waals surface area contributed by atoms with Crippen LogP contribution in [0.2, 0.25) is 0 Å². The van der Waals surface area contributed by atoms with Crippen LogP contribution in [0.1, 0.15) is 328 Å². The molecule has 0 aliphatic carbocycles. The molecule has 0 aromatic carbocycles. The molecule has 3 fully saturated rings. The van der Waals surface area contributed by atoms with Gasteiger partial charge >= 0.3 is 0 Å². The van der Waals surface area contributed by atoms with Gasteiger partial charge in [0, 0.05) is 6.42 Å². The molecule has 576 valence electrons. The lowest BCUT2D eigenvalue weighted by atomic mass is 9.96. The van der Waals surface area contributed by atoms with Crippen molar-refractivity contribution in [2.45, 2.75) is 433 Å². The Labute approximate surface area is 593 Å². The predicted octanol–water partition coefficient (Wildman–Crippen LogP) is 13.1. The van der Waals surface area contributed by atoms with Crippen molar-refractivity contribution in [1.82, 2.24) is 5.32 Å². The highest BCUT2D eigenvalue weighted by Crippen LogP contribution is 2.33. The molecule has 1 amide bonds. The molecular formula is C79H147NO18. The lowest BCUT2D eigenvalue weighted by Gasteiger charge is -2.48. The molecule has 19 heteroatoms. The molecule has 12 N–H and O–H groups in total. The van der Waals surface area contributed by atoms with Crippen LogP contribution in [0.3, 0.4) is 0 Å². The Morgan fingerprint density at radius 1 is 0.367 bits per heavy atom. The molecule has 98 heavy (non-hydrogen) atoms. The van der Waals surface area contributed by atoms with E-state index < -0.39 is 124 Å². The molecule has 0 spiro atoms. The van der Waals surface area contributed by atoms with Gasteiger partial charge < -0.3 is 89.9 Å². The van der Waals surface area contributed by atoms with Crippen LogP contribution in [0.5, 0.6) is 0 Å². The van der Waals surface area contributed by atoms with Crippen LogP contribution in [0.15, 0.2) is 36.5 Å². The van der Waals surface area contributed by atoms with Crippen LogP contribution in [0.4, 0.5) is 0 Å². The minimum atomic E-state index is -1.97. The summed E-state index contributed by atoms with van der Waals surface area (Å²) >= 11 is 0. The molecule has 3 heterocycles. The maximum absolute atomic E-state index is 13.5. The number of ether oxygens (including phenoxy) is 6. The van der Waals surface area contributed by atoms with E-state index in [1.165, 1.54) is 238 Å². The third-order valence-corrected chi connectivity index (χ3v) is 20.2. The van der Waals surface area contributed by atoms with E-state index in [1.807, 2.05) is 0 Å². The quantitative estimate of drug-likeness (QED) is 0.0199. The topological polar surface area (TPSA) is 307 Å². The maximum Gasteiger partial charge on any atom is 0.220 e. The number of aliphatic hydroxyl groups excluding tert-OH is 11. The Morgan fingerprint density at radius 3 is 1.05 bits per heavy atom. The van der Waals surface area contributed by atoms with Crippen molar-refractivity contribution in [2.24, 2.45) is 0 Å². The highest BCUT2D eigenvalue weighted by molar-refractivity contribution is 5.76. The first-order valence-corrected chi connectivity index (χ1v) is 40.2. The van der Waals surface area contributed by atoms with E-state index in [0.29, 0.717) is 12.8 Å². The number of nitrogens with one attached hydrogen (secondary N) is 1. The highest BCUT2D eigenvalue weighted by atomic mass is 16.8. The summed E-state index contributed by atoms with van der Waals surface area (Å²) in [5.41, 5.74) is 0. The lowest BCUT2D eigenvalue weighted by Crippen LogP contribution is -2.66. The van der Waals surface area contributed by atoms with Gasteiger partial charge in [-0.3, -0.25) is 4.79 Å². The van der Waals surface area contributed by atoms with Crippen LogP contribution in [-0.2, 0) is 33.2 Å². The average molecular weight is 1400 g/mol. The number of carbonyl (C=O) groups is 1. The number of hydrogen-bond donors (Lipinski definition) is 12. The van der Waals surface area contributed by atoms with Crippen LogP contribution in [-0.4, -0.2) is 193 Å². The summed E-state index contributed by atoms with van der Waals surface area (Å²) in [4.78, 5) is 13.5. The SMILES string of the molecule is CCCCCCC/C=C\C/C=C\C/C=C\CCCCCCCCCCCCCCCCCCCCCCCCC(=O)NC(COC1OC(CO)C(OC2OC(CO)C(OC3OC(CO)C(O)C(O)C3O)C(O)C2O)C(O)C1O)C(O)CCCCCCCCCCCCCCCCCC. The van der Waals surface area contributed by atoms with Crippen LogP contribution in [0.25, 0.3) is 0 Å². The molecule has 3 saturated heterocycles. The van der Waals surface area contributed by atoms with E-state index in [2.05, 4.69) is 55.6 Å². The van der Waals surface area contributed by atoms with Crippen molar-refractivity contribution in [3.05, 3.63) is 36.5 Å². The normalized spacial score (nSPS) is 26.9. The zero-order valence-corrected chi connectivity index (χ0v) is 61.5. The van der Waals surface area contributed by atoms with Crippen molar-refractivity contribution in [3.63, 3.8) is 0 Å². The summed E-state index contributed by atoms with van der Waals surface area (Å²) in [6.45, 7) is 1.83. The number of allylic oxidation sites excluding steroid dienone is 6. The maximum atomic E-state index is 13.5. The zero-order chi connectivity index (χ0) is 71.1. The average Bonchev–Trinajstić information content (AvgIpc) is 0.784. The number of carbonyl (C=O) groups excluding carboxylic acids is 1. The van der Waals surface area contributed by atoms with Gasteiger partial charge in [-0.15, -0.1) is 0 Å². The summed E-state index contributed by atoms with van der Waals surface area (Å²) in [5, 5.41) is 121. The molecule has 17 atom stereocenters. The van der Waals surface area contributed by atoms with Gasteiger partial charge in [0.25, 0.3) is 0 Å². The standard InChI is InChI=1S/C79H147NO18/c1-3-5-7-9-11-13-15-17-19-21-22-23-24-25-26-27-28-29-30-31-32-33-34-35-36-37-38-39-40-41-43-45-47-49-51-53-55-57-67(85)80-62(63(84)56-54-52-50-48-46-44-42-20-18-16-14-12-10-8-6-4-2)61-93-77-73(91)70(88)75(65(59-82)95-77)98-79-74(92)71(89)76(66(60-83)96-79)97-78-72(90)69(87)68(86)64(58-81)94-78/h15,17,21-22,24-25,62-66,68-79,81-84,86-92H,3-14,16,18-20,23,26-61H2,1-2H3,(H,80,85)/b17-15-,22-21-,25-24-. The largest absolute Gasteiger partial charge is 0.394 e. The van der Waals surface area contributed by atoms with Gasteiger partial charge in [-0.25, -0.2) is 0 Å². The van der Waals surface area contributed by atoms with E-state index in [9.17, 15) is 61.0 Å². The Hall–Kier alpha value is -1.99. The van der Waals surface area contributed by atoms with Gasteiger partial charge in [-0.2, -0.15) is 0 Å². The zero-order valence-electron chi connectivity index (χ0n) is 61.5. The van der Waals surface area contributed by atoms with E-state index in [1.54, 1.807) is 0 Å². The minimum Gasteiger partial charge on any atom is -0.394 e. The lowest BCUT2D eigenvalue weighted by molar-refractivity contribution is -0.379. The summed E-state index contributed by atoms with van der Waals surface area (Å²) in [5.74, 6) is -0.237. The third kappa shape index (κ3) is 40.3. The van der Waals surface area contributed by atoms with Gasteiger partial charge in [-0.05, 0) is 51.4 Å². The van der Waals surface area contributed by atoms with Crippen LogP contribution < -0.4 is 5.32 Å². The number of aliphatic hydroxyl groups is 11. The molecular weight excluding hydrogens is 1250 g/mol. The number of unbranched alkanes of at least 4 members (excludes halogenated alkanes) is 42. The second-order valence-corrected chi connectivity index (χ2v) is 28.9. The minimum absolute atomic E-state index is 0.237. The molecule has 19 nitrogen and oxygen atoms in total. The van der Waals surface area contributed by atoms with E-state index in [4.69, 9.17) is 28.4 Å². The molecule has 0 saturated carbocycles. The number of hydrogen-bond acceptors (Lipinski definition) is 18. The smallest absolute Gasteiger partial charge is 0.220 e. The predicted molar refractivity (Wildman–Crippen MR) is 388 cm³/mol. The summed E-state index contributed by atoms with van der Waals surface area (Å²) in [6, 6.07) is -0.885. The van der Waals surface area contributed by atoms with Gasteiger partial charge in [-0.1, -0.05) is 307 Å². The van der Waals surface area contributed by atoms with Crippen molar-refractivity contribution in [3.8, 4) is 0 Å². The first-order chi connectivity index (χ1) is 47.8. The Kier molecular flexibility index (Phi) is 55.5. The molecule has 3 aliphatic rings. The number of amides is 1. The van der Waals surface area contributed by atoms with Crippen LogP contribution >= 0.6 is 0 Å². The van der Waals surface area contributed by atoms with Crippen molar-refractivity contribution >= 4 is 5.91 Å². The summed E-state index contributed by atoms with van der Waals surface area (Å²) in [7, 11) is 0. The first kappa shape index (κ1) is 90.2. The Morgan fingerprint density at radius 2 is 0.673 bits per heavy atom. The second kappa shape index (κ2) is 60.3. The van der Waals surface area contributed by atoms with Gasteiger partial charge in [0.15, 0.2) is 18.9 Å². The van der Waals surface area contributed by atoms with Gasteiger partial charge in [0.05, 0.1) is 38.6 Å². The Balaban J connectivity index is 1.31. The summed E-state index contributed by atoms with van der Waals surface area (Å²) < 4.78 is 34.5. The first-order valence-electron chi connectivity index (χ1n) is 40.2. The molecule has 0 aromatic heterocycles. The van der Waals surface area contributed by atoms with Crippen molar-refractivity contribution < 1.29 is 89.4 Å². The van der Waals surface area contributed by atoms with Gasteiger partial charge in [0.2, 0.25) is 5.91 Å². The molecule has 0 radical (unpaired) electrons. The molecule has 3 aliphatic heterocycles. The fourth-order valence-electron chi connectivity index (χ4n) is 13.7. The fourth-order valence-corrected chi connectivity index (χ4v) is 13.7. The van der Waals surface area contributed by atoms with E-state index >= 15 is 0 Å². The molecule has 3 rings (SSSR count). The Bertz CT molecular complexity index is 1910. The molecule has 0 bridgehead atoms. The summed E-state index contributed by atoms with van der Waals surface area (Å²) in [6.07, 6.45) is 46.8. The van der Waals surface area contributed by atoms with E-state index in [0.717, 1.165) is 57.8 Å². The molecule has 0 aromatic rings.